The third kappa shape index (κ3) is 1.64. The van der Waals surface area contributed by atoms with Crippen molar-refractivity contribution in [2.24, 2.45) is 17.8 Å². The first kappa shape index (κ1) is 8.52. The summed E-state index contributed by atoms with van der Waals surface area (Å²) in [5.74, 6) is 2.78. The zero-order valence-corrected chi connectivity index (χ0v) is 7.54. The first-order valence-corrected chi connectivity index (χ1v) is 5.08. The SMILES string of the molecule is OCCOCC1CC2CCC1C2. The van der Waals surface area contributed by atoms with Gasteiger partial charge in [0.25, 0.3) is 0 Å². The van der Waals surface area contributed by atoms with E-state index < -0.39 is 0 Å². The lowest BCUT2D eigenvalue weighted by Crippen LogP contribution is -2.17. The Bertz CT molecular complexity index is 147. The second-order valence-corrected chi connectivity index (χ2v) is 4.23. The van der Waals surface area contributed by atoms with Gasteiger partial charge in [-0.05, 0) is 37.0 Å². The van der Waals surface area contributed by atoms with Gasteiger partial charge in [0.2, 0.25) is 0 Å². The minimum absolute atomic E-state index is 0.167. The first-order chi connectivity index (χ1) is 5.90. The van der Waals surface area contributed by atoms with E-state index in [9.17, 15) is 0 Å². The van der Waals surface area contributed by atoms with E-state index in [0.29, 0.717) is 6.61 Å². The third-order valence-electron chi connectivity index (χ3n) is 3.45. The molecule has 0 radical (unpaired) electrons. The predicted molar refractivity (Wildman–Crippen MR) is 46.8 cm³/mol. The smallest absolute Gasteiger partial charge is 0.0697 e. The van der Waals surface area contributed by atoms with E-state index in [2.05, 4.69) is 0 Å². The molecule has 0 saturated heterocycles. The molecule has 0 aliphatic heterocycles. The van der Waals surface area contributed by atoms with Crippen molar-refractivity contribution in [2.45, 2.75) is 25.7 Å². The molecule has 3 atom stereocenters. The standard InChI is InChI=1S/C10H18O2/c11-3-4-12-7-10-6-8-1-2-9(10)5-8/h8-11H,1-7H2. The highest BCUT2D eigenvalue weighted by molar-refractivity contribution is 4.89. The van der Waals surface area contributed by atoms with Crippen LogP contribution < -0.4 is 0 Å². The van der Waals surface area contributed by atoms with E-state index >= 15 is 0 Å². The van der Waals surface area contributed by atoms with Crippen LogP contribution in [-0.2, 0) is 4.74 Å². The van der Waals surface area contributed by atoms with Crippen LogP contribution in [0.15, 0.2) is 0 Å². The zero-order valence-electron chi connectivity index (χ0n) is 7.54. The normalized spacial score (nSPS) is 39.2. The Morgan fingerprint density at radius 3 is 2.75 bits per heavy atom. The summed E-state index contributed by atoms with van der Waals surface area (Å²) in [6.45, 7) is 1.58. The minimum Gasteiger partial charge on any atom is -0.394 e. The van der Waals surface area contributed by atoms with Crippen LogP contribution in [0.1, 0.15) is 25.7 Å². The van der Waals surface area contributed by atoms with Crippen LogP contribution in [0, 0.1) is 17.8 Å². The van der Waals surface area contributed by atoms with Crippen molar-refractivity contribution in [2.75, 3.05) is 19.8 Å². The van der Waals surface area contributed by atoms with Crippen LogP contribution in [0.25, 0.3) is 0 Å². The largest absolute Gasteiger partial charge is 0.394 e. The van der Waals surface area contributed by atoms with E-state index in [1.807, 2.05) is 0 Å². The fourth-order valence-corrected chi connectivity index (χ4v) is 2.88. The Balaban J connectivity index is 1.69. The molecule has 0 aromatic carbocycles. The Kier molecular flexibility index (Phi) is 2.66. The Labute approximate surface area is 73.9 Å². The van der Waals surface area contributed by atoms with Gasteiger partial charge in [-0.15, -0.1) is 0 Å². The summed E-state index contributed by atoms with van der Waals surface area (Å²) >= 11 is 0. The minimum atomic E-state index is 0.167. The third-order valence-corrected chi connectivity index (χ3v) is 3.45. The quantitative estimate of drug-likeness (QED) is 0.647. The van der Waals surface area contributed by atoms with Crippen molar-refractivity contribution in [1.29, 1.82) is 0 Å². The molecule has 2 aliphatic carbocycles. The molecule has 70 valence electrons. The molecule has 2 saturated carbocycles. The lowest BCUT2D eigenvalue weighted by Gasteiger charge is -2.20. The van der Waals surface area contributed by atoms with Crippen molar-refractivity contribution in [1.82, 2.24) is 0 Å². The van der Waals surface area contributed by atoms with Crippen LogP contribution in [0.5, 0.6) is 0 Å². The maximum atomic E-state index is 8.55. The Morgan fingerprint density at radius 2 is 2.17 bits per heavy atom. The molecular formula is C10H18O2. The predicted octanol–water partition coefficient (Wildman–Crippen LogP) is 1.43. The highest BCUT2D eigenvalue weighted by Gasteiger charge is 2.39. The molecule has 2 rings (SSSR count). The van der Waals surface area contributed by atoms with Gasteiger partial charge < -0.3 is 9.84 Å². The molecule has 0 heterocycles. The highest BCUT2D eigenvalue weighted by atomic mass is 16.5. The fourth-order valence-electron chi connectivity index (χ4n) is 2.88. The maximum Gasteiger partial charge on any atom is 0.0697 e. The van der Waals surface area contributed by atoms with Crippen molar-refractivity contribution in [3.05, 3.63) is 0 Å². The van der Waals surface area contributed by atoms with Crippen LogP contribution in [-0.4, -0.2) is 24.9 Å². The van der Waals surface area contributed by atoms with E-state index in [1.54, 1.807) is 0 Å². The van der Waals surface area contributed by atoms with Gasteiger partial charge in [-0.3, -0.25) is 0 Å². The summed E-state index contributed by atoms with van der Waals surface area (Å²) in [7, 11) is 0. The average Bonchev–Trinajstić information content (AvgIpc) is 2.65. The highest BCUT2D eigenvalue weighted by Crippen LogP contribution is 2.48. The molecule has 0 spiro atoms. The number of rotatable bonds is 4. The number of hydrogen-bond donors (Lipinski definition) is 1. The van der Waals surface area contributed by atoms with Gasteiger partial charge in [-0.25, -0.2) is 0 Å². The molecule has 0 aromatic heterocycles. The summed E-state index contributed by atoms with van der Waals surface area (Å²) < 4.78 is 5.37. The second kappa shape index (κ2) is 3.75. The van der Waals surface area contributed by atoms with E-state index in [1.165, 1.54) is 25.7 Å². The molecule has 2 heteroatoms. The summed E-state index contributed by atoms with van der Waals surface area (Å²) in [6.07, 6.45) is 5.72. The monoisotopic (exact) mass is 170 g/mol. The number of ether oxygens (including phenoxy) is 1. The molecule has 2 fully saturated rings. The van der Waals surface area contributed by atoms with Gasteiger partial charge in [-0.2, -0.15) is 0 Å². The Hall–Kier alpha value is -0.0800. The van der Waals surface area contributed by atoms with Gasteiger partial charge in [0, 0.05) is 6.61 Å². The van der Waals surface area contributed by atoms with Crippen LogP contribution in [0.2, 0.25) is 0 Å². The molecule has 0 amide bonds. The van der Waals surface area contributed by atoms with Gasteiger partial charge in [0.15, 0.2) is 0 Å². The molecule has 12 heavy (non-hydrogen) atoms. The average molecular weight is 170 g/mol. The molecule has 2 nitrogen and oxygen atoms in total. The van der Waals surface area contributed by atoms with Gasteiger partial charge in [0.1, 0.15) is 0 Å². The summed E-state index contributed by atoms with van der Waals surface area (Å²) in [6, 6.07) is 0. The maximum absolute atomic E-state index is 8.55. The molecule has 2 aliphatic rings. The number of hydrogen-bond acceptors (Lipinski definition) is 2. The zero-order chi connectivity index (χ0) is 8.39. The van der Waals surface area contributed by atoms with E-state index in [0.717, 1.165) is 24.4 Å². The Morgan fingerprint density at radius 1 is 1.25 bits per heavy atom. The molecule has 0 aromatic rings. The van der Waals surface area contributed by atoms with E-state index in [4.69, 9.17) is 9.84 Å². The molecule has 2 bridgehead atoms. The number of fused-ring (bicyclic) bond motifs is 2. The van der Waals surface area contributed by atoms with Crippen molar-refractivity contribution in [3.8, 4) is 0 Å². The van der Waals surface area contributed by atoms with Crippen molar-refractivity contribution >= 4 is 0 Å². The van der Waals surface area contributed by atoms with Crippen LogP contribution >= 0.6 is 0 Å². The van der Waals surface area contributed by atoms with Crippen molar-refractivity contribution < 1.29 is 9.84 Å². The van der Waals surface area contributed by atoms with E-state index in [-0.39, 0.29) is 6.61 Å². The second-order valence-electron chi connectivity index (χ2n) is 4.23. The van der Waals surface area contributed by atoms with Gasteiger partial charge in [-0.1, -0.05) is 6.42 Å². The lowest BCUT2D eigenvalue weighted by molar-refractivity contribution is 0.0531. The number of aliphatic hydroxyl groups excluding tert-OH is 1. The molecule has 1 N–H and O–H groups in total. The van der Waals surface area contributed by atoms with Crippen molar-refractivity contribution in [3.63, 3.8) is 0 Å². The number of aliphatic hydroxyl groups is 1. The topological polar surface area (TPSA) is 29.5 Å². The van der Waals surface area contributed by atoms with Crippen LogP contribution in [0.4, 0.5) is 0 Å². The summed E-state index contributed by atoms with van der Waals surface area (Å²) in [5.41, 5.74) is 0. The summed E-state index contributed by atoms with van der Waals surface area (Å²) in [4.78, 5) is 0. The molecule has 3 unspecified atom stereocenters. The summed E-state index contributed by atoms with van der Waals surface area (Å²) in [5, 5.41) is 8.55. The van der Waals surface area contributed by atoms with Gasteiger partial charge in [0.05, 0.1) is 13.2 Å². The first-order valence-electron chi connectivity index (χ1n) is 5.08. The molecular weight excluding hydrogens is 152 g/mol. The van der Waals surface area contributed by atoms with Gasteiger partial charge >= 0.3 is 0 Å². The fraction of sp³-hybridized carbons (Fsp3) is 1.00. The van der Waals surface area contributed by atoms with Crippen LogP contribution in [0.3, 0.4) is 0 Å². The lowest BCUT2D eigenvalue weighted by atomic mass is 9.90.